The van der Waals surface area contributed by atoms with Gasteiger partial charge in [0.1, 0.15) is 6.07 Å². The fourth-order valence-corrected chi connectivity index (χ4v) is 3.34. The zero-order valence-corrected chi connectivity index (χ0v) is 14.9. The SMILES string of the molecule is Cn1cc2c(n1)c(=O)n(-c1cccnc1C(F)(F)F)c1cc(Cl)c(C#N)cc21. The van der Waals surface area contributed by atoms with E-state index in [-0.39, 0.29) is 21.6 Å². The number of nitrogens with zero attached hydrogens (tertiary/aromatic N) is 5. The Morgan fingerprint density at radius 3 is 2.68 bits per heavy atom. The van der Waals surface area contributed by atoms with Crippen LogP contribution in [0.15, 0.2) is 41.5 Å². The zero-order chi connectivity index (χ0) is 20.2. The highest BCUT2D eigenvalue weighted by molar-refractivity contribution is 6.32. The maximum atomic E-state index is 13.5. The molecule has 0 bridgehead atoms. The number of alkyl halides is 3. The maximum Gasteiger partial charge on any atom is 0.435 e. The van der Waals surface area contributed by atoms with Crippen LogP contribution in [0.2, 0.25) is 5.02 Å². The van der Waals surface area contributed by atoms with Crippen molar-refractivity contribution in [2.75, 3.05) is 0 Å². The van der Waals surface area contributed by atoms with Crippen molar-refractivity contribution in [3.8, 4) is 11.8 Å². The maximum absolute atomic E-state index is 13.5. The van der Waals surface area contributed by atoms with E-state index in [1.165, 1.54) is 22.9 Å². The summed E-state index contributed by atoms with van der Waals surface area (Å²) in [4.78, 5) is 16.5. The van der Waals surface area contributed by atoms with Crippen molar-refractivity contribution in [1.82, 2.24) is 19.3 Å². The molecule has 0 aliphatic heterocycles. The Hall–Kier alpha value is -3.38. The first kappa shape index (κ1) is 18.0. The summed E-state index contributed by atoms with van der Waals surface area (Å²) >= 11 is 6.10. The summed E-state index contributed by atoms with van der Waals surface area (Å²) in [7, 11) is 1.59. The lowest BCUT2D eigenvalue weighted by molar-refractivity contribution is -0.141. The van der Waals surface area contributed by atoms with E-state index in [1.807, 2.05) is 6.07 Å². The molecular formula is C18H9ClF3N5O. The van der Waals surface area contributed by atoms with Gasteiger partial charge in [-0.05, 0) is 24.3 Å². The van der Waals surface area contributed by atoms with Crippen molar-refractivity contribution < 1.29 is 13.2 Å². The number of benzene rings is 1. The van der Waals surface area contributed by atoms with Crippen LogP contribution < -0.4 is 5.56 Å². The molecule has 3 heterocycles. The highest BCUT2D eigenvalue weighted by Gasteiger charge is 2.36. The highest BCUT2D eigenvalue weighted by Crippen LogP contribution is 2.34. The minimum atomic E-state index is -4.78. The molecule has 10 heteroatoms. The fraction of sp³-hybridized carbons (Fsp3) is 0.111. The Kier molecular flexibility index (Phi) is 3.90. The number of rotatable bonds is 1. The molecule has 0 radical (unpaired) electrons. The molecule has 0 aliphatic rings. The molecule has 0 unspecified atom stereocenters. The van der Waals surface area contributed by atoms with E-state index in [0.717, 1.165) is 16.8 Å². The molecule has 0 spiro atoms. The first-order valence-corrected chi connectivity index (χ1v) is 8.24. The molecule has 4 aromatic rings. The number of nitriles is 1. The van der Waals surface area contributed by atoms with Gasteiger partial charge in [-0.15, -0.1) is 0 Å². The second kappa shape index (κ2) is 6.07. The Labute approximate surface area is 160 Å². The molecule has 1 aromatic carbocycles. The second-order valence-corrected chi connectivity index (χ2v) is 6.44. The summed E-state index contributed by atoms with van der Waals surface area (Å²) in [5.74, 6) is 0. The fourth-order valence-electron chi connectivity index (χ4n) is 3.14. The molecule has 0 aliphatic carbocycles. The Morgan fingerprint density at radius 1 is 1.25 bits per heavy atom. The van der Waals surface area contributed by atoms with E-state index >= 15 is 0 Å². The lowest BCUT2D eigenvalue weighted by Crippen LogP contribution is -2.23. The smallest absolute Gasteiger partial charge is 0.274 e. The monoisotopic (exact) mass is 403 g/mol. The average molecular weight is 404 g/mol. The van der Waals surface area contributed by atoms with Crippen LogP contribution in [0.5, 0.6) is 0 Å². The van der Waals surface area contributed by atoms with Crippen molar-refractivity contribution in [2.45, 2.75) is 6.18 Å². The van der Waals surface area contributed by atoms with E-state index in [4.69, 9.17) is 11.6 Å². The summed E-state index contributed by atoms with van der Waals surface area (Å²) in [6, 6.07) is 7.12. The third-order valence-electron chi connectivity index (χ3n) is 4.27. The van der Waals surface area contributed by atoms with E-state index in [1.54, 1.807) is 13.2 Å². The highest BCUT2D eigenvalue weighted by atomic mass is 35.5. The Balaban J connectivity index is 2.27. The van der Waals surface area contributed by atoms with Crippen LogP contribution in [0.25, 0.3) is 27.5 Å². The van der Waals surface area contributed by atoms with Gasteiger partial charge in [-0.1, -0.05) is 11.6 Å². The molecule has 0 saturated heterocycles. The molecule has 0 saturated carbocycles. The molecular weight excluding hydrogens is 395 g/mol. The second-order valence-electron chi connectivity index (χ2n) is 6.04. The predicted octanol–water partition coefficient (Wildman–Crippen LogP) is 3.82. The summed E-state index contributed by atoms with van der Waals surface area (Å²) in [5.41, 5.74) is -2.19. The van der Waals surface area contributed by atoms with Gasteiger partial charge in [0.2, 0.25) is 0 Å². The van der Waals surface area contributed by atoms with Crippen LogP contribution in [0.3, 0.4) is 0 Å². The first-order valence-electron chi connectivity index (χ1n) is 7.86. The molecule has 0 amide bonds. The van der Waals surface area contributed by atoms with E-state index < -0.39 is 23.1 Å². The van der Waals surface area contributed by atoms with Gasteiger partial charge in [0.15, 0.2) is 11.2 Å². The number of halogens is 4. The molecule has 6 nitrogen and oxygen atoms in total. The minimum Gasteiger partial charge on any atom is -0.274 e. The van der Waals surface area contributed by atoms with Gasteiger partial charge in [0.25, 0.3) is 5.56 Å². The molecule has 3 aromatic heterocycles. The normalized spacial score (nSPS) is 11.9. The predicted molar refractivity (Wildman–Crippen MR) is 96.3 cm³/mol. The van der Waals surface area contributed by atoms with Gasteiger partial charge in [-0.2, -0.15) is 23.5 Å². The summed E-state index contributed by atoms with van der Waals surface area (Å²) < 4.78 is 42.8. The number of aryl methyl sites for hydroxylation is 1. The summed E-state index contributed by atoms with van der Waals surface area (Å²) in [5, 5.41) is 14.1. The van der Waals surface area contributed by atoms with Crippen molar-refractivity contribution in [3.05, 3.63) is 63.3 Å². The Morgan fingerprint density at radius 2 is 2.00 bits per heavy atom. The number of hydrogen-bond donors (Lipinski definition) is 0. The zero-order valence-electron chi connectivity index (χ0n) is 14.1. The van der Waals surface area contributed by atoms with Crippen molar-refractivity contribution in [3.63, 3.8) is 0 Å². The van der Waals surface area contributed by atoms with Crippen molar-refractivity contribution in [2.24, 2.45) is 7.05 Å². The van der Waals surface area contributed by atoms with Crippen molar-refractivity contribution >= 4 is 33.4 Å². The van der Waals surface area contributed by atoms with Crippen molar-refractivity contribution in [1.29, 1.82) is 5.26 Å². The van der Waals surface area contributed by atoms with Crippen LogP contribution in [-0.4, -0.2) is 19.3 Å². The van der Waals surface area contributed by atoms with Crippen LogP contribution >= 0.6 is 11.6 Å². The number of fused-ring (bicyclic) bond motifs is 3. The quantitative estimate of drug-likeness (QED) is 0.484. The molecule has 28 heavy (non-hydrogen) atoms. The van der Waals surface area contributed by atoms with Crippen LogP contribution in [0, 0.1) is 11.3 Å². The largest absolute Gasteiger partial charge is 0.435 e. The number of hydrogen-bond acceptors (Lipinski definition) is 4. The number of aromatic nitrogens is 4. The topological polar surface area (TPSA) is 76.5 Å². The third-order valence-corrected chi connectivity index (χ3v) is 4.58. The van der Waals surface area contributed by atoms with Gasteiger partial charge < -0.3 is 0 Å². The van der Waals surface area contributed by atoms with Gasteiger partial charge in [-0.3, -0.25) is 14.0 Å². The molecule has 0 fully saturated rings. The first-order chi connectivity index (χ1) is 13.2. The lowest BCUT2D eigenvalue weighted by Gasteiger charge is -2.16. The molecule has 140 valence electrons. The molecule has 4 rings (SSSR count). The van der Waals surface area contributed by atoms with Gasteiger partial charge in [0, 0.05) is 30.2 Å². The third kappa shape index (κ3) is 2.61. The summed E-state index contributed by atoms with van der Waals surface area (Å²) in [6.45, 7) is 0. The van der Waals surface area contributed by atoms with Gasteiger partial charge in [-0.25, -0.2) is 4.98 Å². The van der Waals surface area contributed by atoms with Gasteiger partial charge >= 0.3 is 6.18 Å². The summed E-state index contributed by atoms with van der Waals surface area (Å²) in [6.07, 6.45) is -2.22. The Bertz CT molecular complexity index is 1360. The van der Waals surface area contributed by atoms with E-state index in [2.05, 4.69) is 10.1 Å². The molecule has 0 N–H and O–H groups in total. The molecule has 0 atom stereocenters. The van der Waals surface area contributed by atoms with Crippen LogP contribution in [-0.2, 0) is 13.2 Å². The number of pyridine rings is 2. The lowest BCUT2D eigenvalue weighted by atomic mass is 10.1. The minimum absolute atomic E-state index is 0.0174. The van der Waals surface area contributed by atoms with E-state index in [0.29, 0.717) is 10.8 Å². The standard InChI is InChI=1S/C18H9ClF3N5O/c1-26-8-11-10-5-9(7-23)12(19)6-14(10)27(17(28)15(11)25-26)13-3-2-4-24-16(13)18(20,21)22/h2-6,8H,1H3. The van der Waals surface area contributed by atoms with Gasteiger partial charge in [0.05, 0.1) is 21.8 Å². The van der Waals surface area contributed by atoms with E-state index in [9.17, 15) is 23.2 Å². The van der Waals surface area contributed by atoms with Crippen LogP contribution in [0.4, 0.5) is 13.2 Å². The van der Waals surface area contributed by atoms with Crippen LogP contribution in [0.1, 0.15) is 11.3 Å². The average Bonchev–Trinajstić information content (AvgIpc) is 3.03.